The van der Waals surface area contributed by atoms with Gasteiger partial charge in [-0.2, -0.15) is 0 Å². The van der Waals surface area contributed by atoms with Crippen molar-refractivity contribution >= 4 is 32.7 Å². The topological polar surface area (TPSA) is 64.7 Å². The Kier molecular flexibility index (Phi) is 2.68. The van der Waals surface area contributed by atoms with Crippen LogP contribution in [0, 0.1) is 0 Å². The van der Waals surface area contributed by atoms with E-state index in [2.05, 4.69) is 30.9 Å². The van der Waals surface area contributed by atoms with E-state index in [1.54, 1.807) is 12.4 Å². The first-order valence-corrected chi connectivity index (χ1v) is 6.16. The molecule has 0 aliphatic carbocycles. The summed E-state index contributed by atoms with van der Waals surface area (Å²) in [5, 5.41) is 0.849. The second-order valence-corrected chi connectivity index (χ2v) is 4.75. The van der Waals surface area contributed by atoms with E-state index in [-0.39, 0.29) is 0 Å². The summed E-state index contributed by atoms with van der Waals surface area (Å²) in [6.07, 6.45) is 3.42. The van der Waals surface area contributed by atoms with E-state index in [1.807, 2.05) is 30.3 Å². The molecule has 0 bridgehead atoms. The molecular weight excluding hydrogens is 292 g/mol. The number of nitrogen functional groups attached to an aromatic ring is 1. The Labute approximate surface area is 112 Å². The fraction of sp³-hybridized carbons (Fsp3) is 0. The highest BCUT2D eigenvalue weighted by Crippen LogP contribution is 2.25. The maximum atomic E-state index is 5.98. The van der Waals surface area contributed by atoms with Crippen LogP contribution in [0.2, 0.25) is 0 Å². The van der Waals surface area contributed by atoms with Gasteiger partial charge in [-0.15, -0.1) is 0 Å². The number of aromatic nitrogens is 3. The van der Waals surface area contributed by atoms with Gasteiger partial charge in [-0.1, -0.05) is 15.9 Å². The molecule has 0 aliphatic rings. The van der Waals surface area contributed by atoms with Crippen molar-refractivity contribution < 1.29 is 0 Å². The molecule has 0 saturated heterocycles. The zero-order chi connectivity index (χ0) is 12.5. The highest BCUT2D eigenvalue weighted by atomic mass is 79.9. The number of fused-ring (bicyclic) bond motifs is 1. The van der Waals surface area contributed by atoms with Gasteiger partial charge >= 0.3 is 0 Å². The summed E-state index contributed by atoms with van der Waals surface area (Å²) in [7, 11) is 0. The normalized spacial score (nSPS) is 10.7. The molecule has 1 aromatic carbocycles. The predicted octanol–water partition coefficient (Wildman–Crippen LogP) is 3.04. The summed E-state index contributed by atoms with van der Waals surface area (Å²) in [6.45, 7) is 0. The lowest BCUT2D eigenvalue weighted by molar-refractivity contribution is 1.22. The minimum absolute atomic E-state index is 0.480. The molecule has 88 valence electrons. The smallest absolute Gasteiger partial charge is 0.162 e. The first-order chi connectivity index (χ1) is 8.74. The molecule has 0 amide bonds. The number of nitrogens with two attached hydrogens (primary N) is 1. The number of nitrogens with zero attached hydrogens (tertiary/aromatic N) is 3. The Balaban J connectivity index is 2.25. The molecule has 3 aromatic rings. The van der Waals surface area contributed by atoms with E-state index in [9.17, 15) is 0 Å². The average molecular weight is 301 g/mol. The molecule has 0 fully saturated rings. The van der Waals surface area contributed by atoms with Crippen LogP contribution in [0.15, 0.2) is 47.2 Å². The van der Waals surface area contributed by atoms with Gasteiger partial charge in [0.2, 0.25) is 0 Å². The van der Waals surface area contributed by atoms with Gasteiger partial charge in [0.15, 0.2) is 5.82 Å². The lowest BCUT2D eigenvalue weighted by Crippen LogP contribution is -1.97. The molecule has 0 aliphatic heterocycles. The van der Waals surface area contributed by atoms with Crippen molar-refractivity contribution in [2.75, 3.05) is 5.73 Å². The molecule has 2 heterocycles. The maximum absolute atomic E-state index is 5.98. The average Bonchev–Trinajstić information content (AvgIpc) is 2.40. The molecular formula is C13H9BrN4. The van der Waals surface area contributed by atoms with Gasteiger partial charge in [0, 0.05) is 27.8 Å². The summed E-state index contributed by atoms with van der Waals surface area (Å²) in [5.41, 5.74) is 7.71. The zero-order valence-electron chi connectivity index (χ0n) is 9.34. The van der Waals surface area contributed by atoms with Crippen LogP contribution < -0.4 is 5.73 Å². The van der Waals surface area contributed by atoms with Crippen LogP contribution >= 0.6 is 15.9 Å². The first kappa shape index (κ1) is 11.1. The third-order valence-corrected chi connectivity index (χ3v) is 3.12. The quantitative estimate of drug-likeness (QED) is 0.750. The van der Waals surface area contributed by atoms with Gasteiger partial charge in [-0.05, 0) is 30.3 Å². The van der Waals surface area contributed by atoms with Crippen LogP contribution in [-0.4, -0.2) is 15.0 Å². The fourth-order valence-electron chi connectivity index (χ4n) is 1.75. The van der Waals surface area contributed by atoms with Crippen molar-refractivity contribution in [2.45, 2.75) is 0 Å². The Morgan fingerprint density at radius 3 is 2.56 bits per heavy atom. The number of benzene rings is 1. The Bertz CT molecular complexity index is 713. The van der Waals surface area contributed by atoms with Gasteiger partial charge < -0.3 is 5.73 Å². The minimum Gasteiger partial charge on any atom is -0.383 e. The standard InChI is InChI=1S/C13H9BrN4/c14-9-1-2-11-10(7-9)12(15)18-13(17-11)8-3-5-16-6-4-8/h1-7H,(H2,15,17,18). The van der Waals surface area contributed by atoms with Crippen LogP contribution in [0.3, 0.4) is 0 Å². The summed E-state index contributed by atoms with van der Waals surface area (Å²) < 4.78 is 0.960. The van der Waals surface area contributed by atoms with Crippen molar-refractivity contribution in [3.63, 3.8) is 0 Å². The Hall–Kier alpha value is -2.01. The molecule has 0 radical (unpaired) electrons. The number of rotatable bonds is 1. The molecule has 2 aromatic heterocycles. The molecule has 0 saturated carbocycles. The molecule has 18 heavy (non-hydrogen) atoms. The van der Waals surface area contributed by atoms with E-state index in [0.717, 1.165) is 20.9 Å². The van der Waals surface area contributed by atoms with Crippen LogP contribution in [0.1, 0.15) is 0 Å². The van der Waals surface area contributed by atoms with E-state index in [0.29, 0.717) is 11.6 Å². The minimum atomic E-state index is 0.480. The molecule has 0 unspecified atom stereocenters. The van der Waals surface area contributed by atoms with Crippen molar-refractivity contribution in [2.24, 2.45) is 0 Å². The van der Waals surface area contributed by atoms with Crippen LogP contribution in [0.4, 0.5) is 5.82 Å². The van der Waals surface area contributed by atoms with Crippen molar-refractivity contribution in [1.82, 2.24) is 15.0 Å². The van der Waals surface area contributed by atoms with E-state index in [1.165, 1.54) is 0 Å². The van der Waals surface area contributed by atoms with Crippen molar-refractivity contribution in [3.8, 4) is 11.4 Å². The second-order valence-electron chi connectivity index (χ2n) is 3.83. The summed E-state index contributed by atoms with van der Waals surface area (Å²) >= 11 is 3.41. The molecule has 4 nitrogen and oxygen atoms in total. The molecule has 3 rings (SSSR count). The molecule has 0 spiro atoms. The molecule has 5 heteroatoms. The Morgan fingerprint density at radius 2 is 1.78 bits per heavy atom. The van der Waals surface area contributed by atoms with Crippen LogP contribution in [0.25, 0.3) is 22.3 Å². The van der Waals surface area contributed by atoms with Crippen LogP contribution in [-0.2, 0) is 0 Å². The molecule has 2 N–H and O–H groups in total. The van der Waals surface area contributed by atoms with Crippen LogP contribution in [0.5, 0.6) is 0 Å². The summed E-state index contributed by atoms with van der Waals surface area (Å²) in [4.78, 5) is 12.8. The highest BCUT2D eigenvalue weighted by molar-refractivity contribution is 9.10. The van der Waals surface area contributed by atoms with E-state index >= 15 is 0 Å². The third kappa shape index (κ3) is 1.93. The SMILES string of the molecule is Nc1nc(-c2ccncc2)nc2ccc(Br)cc12. The maximum Gasteiger partial charge on any atom is 0.162 e. The number of anilines is 1. The van der Waals surface area contributed by atoms with Gasteiger partial charge in [0.1, 0.15) is 5.82 Å². The Morgan fingerprint density at radius 1 is 1.00 bits per heavy atom. The van der Waals surface area contributed by atoms with Gasteiger partial charge in [-0.3, -0.25) is 4.98 Å². The first-order valence-electron chi connectivity index (χ1n) is 5.37. The predicted molar refractivity (Wildman–Crippen MR) is 74.9 cm³/mol. The monoisotopic (exact) mass is 300 g/mol. The highest BCUT2D eigenvalue weighted by Gasteiger charge is 2.07. The largest absolute Gasteiger partial charge is 0.383 e. The fourth-order valence-corrected chi connectivity index (χ4v) is 2.12. The van der Waals surface area contributed by atoms with Crippen molar-refractivity contribution in [3.05, 3.63) is 47.2 Å². The number of pyridine rings is 1. The zero-order valence-corrected chi connectivity index (χ0v) is 10.9. The summed E-state index contributed by atoms with van der Waals surface area (Å²) in [5.74, 6) is 1.10. The number of halogens is 1. The lowest BCUT2D eigenvalue weighted by Gasteiger charge is -2.05. The number of hydrogen-bond acceptors (Lipinski definition) is 4. The van der Waals surface area contributed by atoms with Gasteiger partial charge in [0.25, 0.3) is 0 Å². The number of hydrogen-bond donors (Lipinski definition) is 1. The van der Waals surface area contributed by atoms with Crippen molar-refractivity contribution in [1.29, 1.82) is 0 Å². The third-order valence-electron chi connectivity index (χ3n) is 2.63. The van der Waals surface area contributed by atoms with E-state index in [4.69, 9.17) is 5.73 Å². The lowest BCUT2D eigenvalue weighted by atomic mass is 10.2. The second kappa shape index (κ2) is 4.34. The van der Waals surface area contributed by atoms with Gasteiger partial charge in [0.05, 0.1) is 5.52 Å². The van der Waals surface area contributed by atoms with E-state index < -0.39 is 0 Å². The summed E-state index contributed by atoms with van der Waals surface area (Å²) in [6, 6.07) is 9.49. The molecule has 0 atom stereocenters. The van der Waals surface area contributed by atoms with Gasteiger partial charge in [-0.25, -0.2) is 9.97 Å².